The summed E-state index contributed by atoms with van der Waals surface area (Å²) in [5.41, 5.74) is 2.39. The van der Waals surface area contributed by atoms with Gasteiger partial charge in [0.05, 0.1) is 6.54 Å². The van der Waals surface area contributed by atoms with Crippen LogP contribution in [0.4, 0.5) is 5.82 Å². The molecule has 0 unspecified atom stereocenters. The Balaban J connectivity index is 1.56. The molecule has 6 heteroatoms. The first-order chi connectivity index (χ1) is 10.8. The van der Waals surface area contributed by atoms with Crippen LogP contribution in [0.1, 0.15) is 18.2 Å². The fraction of sp³-hybridized carbons (Fsp3) is 0.562. The third-order valence-electron chi connectivity index (χ3n) is 4.37. The number of hydrogen-bond donors (Lipinski definition) is 0. The molecule has 118 valence electrons. The maximum atomic E-state index is 4.53. The second-order valence-corrected chi connectivity index (χ2v) is 5.71. The molecule has 3 rings (SSSR count). The predicted molar refractivity (Wildman–Crippen MR) is 87.0 cm³/mol. The summed E-state index contributed by atoms with van der Waals surface area (Å²) in [5, 5.41) is 4.26. The van der Waals surface area contributed by atoms with E-state index in [1.54, 1.807) is 6.33 Å². The van der Waals surface area contributed by atoms with Crippen molar-refractivity contribution < 1.29 is 0 Å². The molecule has 6 nitrogen and oxygen atoms in total. The van der Waals surface area contributed by atoms with Crippen molar-refractivity contribution in [3.63, 3.8) is 0 Å². The summed E-state index contributed by atoms with van der Waals surface area (Å²) in [5.74, 6) is 1.13. The van der Waals surface area contributed by atoms with E-state index in [-0.39, 0.29) is 0 Å². The SMILES string of the molecule is CCc1c(C)ncnc1N1CCN(CCn2cccn2)CC1. The van der Waals surface area contributed by atoms with Crippen molar-refractivity contribution in [1.82, 2.24) is 24.6 Å². The minimum atomic E-state index is 0.958. The molecule has 0 spiro atoms. The number of anilines is 1. The smallest absolute Gasteiger partial charge is 0.135 e. The maximum absolute atomic E-state index is 4.53. The Morgan fingerprint density at radius 3 is 2.59 bits per heavy atom. The molecule has 0 saturated carbocycles. The quantitative estimate of drug-likeness (QED) is 0.834. The molecule has 0 aliphatic carbocycles. The minimum absolute atomic E-state index is 0.958. The van der Waals surface area contributed by atoms with E-state index in [1.807, 2.05) is 23.1 Å². The molecule has 0 radical (unpaired) electrons. The first-order valence-electron chi connectivity index (χ1n) is 8.03. The van der Waals surface area contributed by atoms with Crippen LogP contribution < -0.4 is 4.90 Å². The van der Waals surface area contributed by atoms with Gasteiger partial charge in [0.15, 0.2) is 0 Å². The van der Waals surface area contributed by atoms with E-state index in [2.05, 4.69) is 38.7 Å². The zero-order valence-corrected chi connectivity index (χ0v) is 13.4. The van der Waals surface area contributed by atoms with E-state index in [9.17, 15) is 0 Å². The van der Waals surface area contributed by atoms with Crippen LogP contribution in [0, 0.1) is 6.92 Å². The minimum Gasteiger partial charge on any atom is -0.354 e. The van der Waals surface area contributed by atoms with Crippen LogP contribution in [0.25, 0.3) is 0 Å². The molecule has 2 aromatic rings. The van der Waals surface area contributed by atoms with Crippen LogP contribution in [0.3, 0.4) is 0 Å². The van der Waals surface area contributed by atoms with Gasteiger partial charge in [-0.25, -0.2) is 9.97 Å². The van der Waals surface area contributed by atoms with E-state index in [0.29, 0.717) is 0 Å². The fourth-order valence-electron chi connectivity index (χ4n) is 3.03. The third kappa shape index (κ3) is 3.27. The molecule has 1 aliphatic rings. The molecule has 22 heavy (non-hydrogen) atoms. The summed E-state index contributed by atoms with van der Waals surface area (Å²) in [7, 11) is 0. The third-order valence-corrected chi connectivity index (χ3v) is 4.37. The molecule has 0 N–H and O–H groups in total. The molecule has 1 saturated heterocycles. The zero-order chi connectivity index (χ0) is 15.4. The van der Waals surface area contributed by atoms with Gasteiger partial charge in [0.25, 0.3) is 0 Å². The van der Waals surface area contributed by atoms with Gasteiger partial charge in [0.2, 0.25) is 0 Å². The Kier molecular flexibility index (Phi) is 4.68. The van der Waals surface area contributed by atoms with Gasteiger partial charge in [0.1, 0.15) is 12.1 Å². The lowest BCUT2D eigenvalue weighted by molar-refractivity contribution is 0.244. The van der Waals surface area contributed by atoms with E-state index < -0.39 is 0 Å². The van der Waals surface area contributed by atoms with Crippen molar-refractivity contribution in [2.45, 2.75) is 26.8 Å². The van der Waals surface area contributed by atoms with Crippen LogP contribution in [0.5, 0.6) is 0 Å². The highest BCUT2D eigenvalue weighted by molar-refractivity contribution is 5.48. The van der Waals surface area contributed by atoms with E-state index in [0.717, 1.165) is 57.2 Å². The topological polar surface area (TPSA) is 50.1 Å². The molecular weight excluding hydrogens is 276 g/mol. The van der Waals surface area contributed by atoms with Crippen LogP contribution in [0.15, 0.2) is 24.8 Å². The molecule has 3 heterocycles. The monoisotopic (exact) mass is 300 g/mol. The lowest BCUT2D eigenvalue weighted by Crippen LogP contribution is -2.47. The molecular formula is C16H24N6. The highest BCUT2D eigenvalue weighted by Crippen LogP contribution is 2.21. The summed E-state index contributed by atoms with van der Waals surface area (Å²) in [6.45, 7) is 10.5. The lowest BCUT2D eigenvalue weighted by atomic mass is 10.1. The maximum Gasteiger partial charge on any atom is 0.135 e. The van der Waals surface area contributed by atoms with Crippen LogP contribution >= 0.6 is 0 Å². The predicted octanol–water partition coefficient (Wildman–Crippen LogP) is 1.37. The highest BCUT2D eigenvalue weighted by atomic mass is 15.3. The normalized spacial score (nSPS) is 16.2. The van der Waals surface area contributed by atoms with Crippen molar-refractivity contribution in [1.29, 1.82) is 0 Å². The van der Waals surface area contributed by atoms with E-state index >= 15 is 0 Å². The second-order valence-electron chi connectivity index (χ2n) is 5.71. The van der Waals surface area contributed by atoms with Crippen LogP contribution in [0.2, 0.25) is 0 Å². The molecule has 0 atom stereocenters. The Morgan fingerprint density at radius 2 is 1.91 bits per heavy atom. The van der Waals surface area contributed by atoms with Crippen LogP contribution in [-0.4, -0.2) is 57.4 Å². The van der Waals surface area contributed by atoms with Gasteiger partial charge in [-0.15, -0.1) is 0 Å². The van der Waals surface area contributed by atoms with Crippen molar-refractivity contribution in [2.24, 2.45) is 0 Å². The molecule has 2 aromatic heterocycles. The number of hydrogen-bond acceptors (Lipinski definition) is 5. The largest absolute Gasteiger partial charge is 0.354 e. The van der Waals surface area contributed by atoms with Gasteiger partial charge in [-0.3, -0.25) is 9.58 Å². The lowest BCUT2D eigenvalue weighted by Gasteiger charge is -2.36. The average molecular weight is 300 g/mol. The summed E-state index contributed by atoms with van der Waals surface area (Å²) < 4.78 is 2.00. The molecule has 1 aliphatic heterocycles. The van der Waals surface area contributed by atoms with E-state index in [4.69, 9.17) is 0 Å². The first-order valence-corrected chi connectivity index (χ1v) is 8.03. The number of piperazine rings is 1. The molecule has 0 bridgehead atoms. The van der Waals surface area contributed by atoms with Gasteiger partial charge < -0.3 is 4.90 Å². The Bertz CT molecular complexity index is 587. The summed E-state index contributed by atoms with van der Waals surface area (Å²) in [4.78, 5) is 13.7. The first kappa shape index (κ1) is 15.0. The van der Waals surface area contributed by atoms with E-state index in [1.165, 1.54) is 5.56 Å². The van der Waals surface area contributed by atoms with Crippen LogP contribution in [-0.2, 0) is 13.0 Å². The second kappa shape index (κ2) is 6.87. The highest BCUT2D eigenvalue weighted by Gasteiger charge is 2.20. The number of rotatable bonds is 5. The fourth-order valence-corrected chi connectivity index (χ4v) is 3.03. The molecule has 0 amide bonds. The standard InChI is InChI=1S/C16H24N6/c1-3-15-14(2)17-13-18-16(15)21-10-7-20(8-11-21)9-12-22-6-4-5-19-22/h4-6,13H,3,7-12H2,1-2H3. The van der Waals surface area contributed by atoms with Crippen molar-refractivity contribution >= 4 is 5.82 Å². The number of aryl methyl sites for hydroxylation is 1. The van der Waals surface area contributed by atoms with Gasteiger partial charge in [-0.1, -0.05) is 6.92 Å². The zero-order valence-electron chi connectivity index (χ0n) is 13.4. The summed E-state index contributed by atoms with van der Waals surface area (Å²) in [6.07, 6.45) is 6.53. The van der Waals surface area contributed by atoms with Gasteiger partial charge in [-0.2, -0.15) is 5.10 Å². The van der Waals surface area contributed by atoms with Crippen molar-refractivity contribution in [2.75, 3.05) is 37.6 Å². The average Bonchev–Trinajstić information content (AvgIpc) is 3.07. The Hall–Kier alpha value is -1.95. The number of aromatic nitrogens is 4. The Labute approximate surface area is 131 Å². The molecule has 0 aromatic carbocycles. The van der Waals surface area contributed by atoms with Crippen molar-refractivity contribution in [3.05, 3.63) is 36.0 Å². The van der Waals surface area contributed by atoms with Gasteiger partial charge in [0, 0.05) is 56.4 Å². The van der Waals surface area contributed by atoms with Crippen molar-refractivity contribution in [3.8, 4) is 0 Å². The molecule has 1 fully saturated rings. The Morgan fingerprint density at radius 1 is 1.09 bits per heavy atom. The number of nitrogens with zero attached hydrogens (tertiary/aromatic N) is 6. The summed E-state index contributed by atoms with van der Waals surface area (Å²) >= 11 is 0. The van der Waals surface area contributed by atoms with Gasteiger partial charge in [-0.05, 0) is 19.4 Å². The summed E-state index contributed by atoms with van der Waals surface area (Å²) in [6, 6.07) is 1.97. The van der Waals surface area contributed by atoms with Gasteiger partial charge >= 0.3 is 0 Å².